The van der Waals surface area contributed by atoms with Gasteiger partial charge in [0.05, 0.1) is 29.5 Å². The first kappa shape index (κ1) is 28.1. The number of piperazine rings is 1. The fraction of sp³-hybridized carbons (Fsp3) is 0.379. The van der Waals surface area contributed by atoms with Crippen LogP contribution in [0.4, 0.5) is 20.9 Å². The molecule has 4 aromatic rings. The number of pyridine rings is 1. The van der Waals surface area contributed by atoms with Crippen LogP contribution in [0.25, 0.3) is 16.8 Å². The predicted octanol–water partition coefficient (Wildman–Crippen LogP) is 1.92. The lowest BCUT2D eigenvalue weighted by molar-refractivity contribution is -0.142. The summed E-state index contributed by atoms with van der Waals surface area (Å²) in [4.78, 5) is 25.7. The van der Waals surface area contributed by atoms with Gasteiger partial charge < -0.3 is 19.8 Å². The standard InChI is InChI=1S/C29H30BFN8O2S/c1-3-22-28(35(2)29-33-27(24(14-32)42-29)18-4-6-19(31)7-5-18)23-12-20(13-25(30)39(23)34-22)37-10-8-36(9-11-37)17-26(41)38-15-21(40)16-38/h4-7,12-13,21,40H,3,8-11,15-17H2,1-2H3. The molecule has 2 radical (unpaired) electrons. The molecular weight excluding hydrogens is 554 g/mol. The first-order chi connectivity index (χ1) is 20.2. The van der Waals surface area contributed by atoms with Gasteiger partial charge in [-0.3, -0.25) is 9.69 Å². The van der Waals surface area contributed by atoms with Crippen LogP contribution < -0.4 is 15.4 Å². The fourth-order valence-corrected chi connectivity index (χ4v) is 6.37. The van der Waals surface area contributed by atoms with Crippen LogP contribution in [0.1, 0.15) is 17.5 Å². The van der Waals surface area contributed by atoms with Gasteiger partial charge in [0.1, 0.15) is 30.3 Å². The van der Waals surface area contributed by atoms with Crippen LogP contribution >= 0.6 is 11.3 Å². The van der Waals surface area contributed by atoms with E-state index in [9.17, 15) is 19.6 Å². The Morgan fingerprint density at radius 3 is 2.57 bits per heavy atom. The minimum Gasteiger partial charge on any atom is -0.389 e. The molecule has 2 aliphatic heterocycles. The molecule has 2 aliphatic rings. The van der Waals surface area contributed by atoms with E-state index in [0.717, 1.165) is 48.8 Å². The van der Waals surface area contributed by atoms with Crippen molar-refractivity contribution < 1.29 is 14.3 Å². The third-order valence-corrected chi connectivity index (χ3v) is 8.93. The summed E-state index contributed by atoms with van der Waals surface area (Å²) in [6.45, 7) is 6.19. The smallest absolute Gasteiger partial charge is 0.236 e. The van der Waals surface area contributed by atoms with E-state index in [0.29, 0.717) is 52.9 Å². The largest absolute Gasteiger partial charge is 0.389 e. The number of fused-ring (bicyclic) bond motifs is 1. The van der Waals surface area contributed by atoms with E-state index in [4.69, 9.17) is 17.9 Å². The highest BCUT2D eigenvalue weighted by atomic mass is 32.1. The summed E-state index contributed by atoms with van der Waals surface area (Å²) in [5.74, 6) is -0.290. The highest BCUT2D eigenvalue weighted by molar-refractivity contribution is 7.16. The number of aliphatic hydroxyl groups excluding tert-OH is 1. The topological polar surface area (TPSA) is 104 Å². The van der Waals surface area contributed by atoms with Gasteiger partial charge in [0.2, 0.25) is 5.91 Å². The van der Waals surface area contributed by atoms with Crippen LogP contribution in [0.15, 0.2) is 36.4 Å². The summed E-state index contributed by atoms with van der Waals surface area (Å²) in [6.07, 6.45) is 0.269. The van der Waals surface area contributed by atoms with Gasteiger partial charge >= 0.3 is 0 Å². The van der Waals surface area contributed by atoms with Crippen LogP contribution in [0, 0.1) is 17.1 Å². The Hall–Kier alpha value is -3.99. The van der Waals surface area contributed by atoms with Gasteiger partial charge in [-0.2, -0.15) is 10.4 Å². The van der Waals surface area contributed by atoms with E-state index in [2.05, 4.69) is 21.9 Å². The zero-order chi connectivity index (χ0) is 29.5. The predicted molar refractivity (Wildman–Crippen MR) is 161 cm³/mol. The van der Waals surface area contributed by atoms with Crippen molar-refractivity contribution >= 4 is 52.7 Å². The second kappa shape index (κ2) is 11.4. The first-order valence-electron chi connectivity index (χ1n) is 13.9. The molecule has 10 nitrogen and oxygen atoms in total. The first-order valence-corrected chi connectivity index (χ1v) is 14.7. The molecular formula is C29H30BFN8O2S. The van der Waals surface area contributed by atoms with E-state index in [1.807, 2.05) is 24.9 Å². The number of β-amino-alcohol motifs (C(OH)–C–C–N with tert-alkyl or cyclic N) is 1. The lowest BCUT2D eigenvalue weighted by Crippen LogP contribution is -2.57. The second-order valence-electron chi connectivity index (χ2n) is 10.7. The van der Waals surface area contributed by atoms with Crippen LogP contribution in [0.2, 0.25) is 0 Å². The number of carbonyl (C=O) groups is 1. The summed E-state index contributed by atoms with van der Waals surface area (Å²) in [6, 6.07) is 12.2. The van der Waals surface area contributed by atoms with Crippen LogP contribution in [-0.2, 0) is 11.2 Å². The SMILES string of the molecule is [B]c1cc(N2CCN(CC(=O)N3CC(O)C3)CC2)cc2c(N(C)c3nc(-c4ccc(F)cc4)c(C#N)s3)c(CC)nn12. The molecule has 0 aliphatic carbocycles. The number of amides is 1. The normalized spacial score (nSPS) is 16.1. The molecule has 2 saturated heterocycles. The maximum atomic E-state index is 13.5. The fourth-order valence-electron chi connectivity index (χ4n) is 5.52. The molecule has 214 valence electrons. The van der Waals surface area contributed by atoms with E-state index in [1.165, 1.54) is 23.5 Å². The lowest BCUT2D eigenvalue weighted by Gasteiger charge is -2.39. The quantitative estimate of drug-likeness (QED) is 0.329. The molecule has 2 fully saturated rings. The number of nitrogens with zero attached hydrogens (tertiary/aromatic N) is 8. The van der Waals surface area contributed by atoms with Gasteiger partial charge in [-0.1, -0.05) is 18.3 Å². The van der Waals surface area contributed by atoms with Crippen molar-refractivity contribution in [3.63, 3.8) is 0 Å². The maximum absolute atomic E-state index is 13.5. The molecule has 0 bridgehead atoms. The Labute approximate surface area is 248 Å². The zero-order valence-corrected chi connectivity index (χ0v) is 24.3. The Kier molecular flexibility index (Phi) is 7.61. The number of hydrogen-bond donors (Lipinski definition) is 1. The van der Waals surface area contributed by atoms with Crippen molar-refractivity contribution in [3.05, 3.63) is 52.8 Å². The minimum atomic E-state index is -0.396. The van der Waals surface area contributed by atoms with Crippen LogP contribution in [0.3, 0.4) is 0 Å². The summed E-state index contributed by atoms with van der Waals surface area (Å²) in [5, 5.41) is 24.7. The lowest BCUT2D eigenvalue weighted by atomic mass is 10.0. The van der Waals surface area contributed by atoms with Gasteiger partial charge in [0.15, 0.2) is 5.13 Å². The van der Waals surface area contributed by atoms with Gasteiger partial charge in [0, 0.05) is 57.6 Å². The number of aromatic nitrogens is 3. The Bertz CT molecular complexity index is 1670. The molecule has 0 saturated carbocycles. The highest BCUT2D eigenvalue weighted by Gasteiger charge is 2.30. The van der Waals surface area contributed by atoms with Crippen molar-refractivity contribution in [2.75, 3.05) is 62.7 Å². The number of halogens is 1. The number of thiazole rings is 1. The van der Waals surface area contributed by atoms with Crippen molar-refractivity contribution in [2.45, 2.75) is 19.4 Å². The Balaban J connectivity index is 1.27. The van der Waals surface area contributed by atoms with E-state index >= 15 is 0 Å². The molecule has 0 unspecified atom stereocenters. The molecule has 0 atom stereocenters. The van der Waals surface area contributed by atoms with Gasteiger partial charge in [0.25, 0.3) is 0 Å². The molecule has 1 aromatic carbocycles. The van der Waals surface area contributed by atoms with Gasteiger partial charge in [-0.05, 0) is 48.4 Å². The number of benzene rings is 1. The molecule has 1 amide bonds. The molecule has 0 spiro atoms. The van der Waals surface area contributed by atoms with Gasteiger partial charge in [-0.15, -0.1) is 0 Å². The van der Waals surface area contributed by atoms with Crippen LogP contribution in [-0.4, -0.2) is 102 Å². The monoisotopic (exact) mass is 584 g/mol. The molecule has 5 heterocycles. The van der Waals surface area contributed by atoms with E-state index in [-0.39, 0.29) is 11.7 Å². The third kappa shape index (κ3) is 5.22. The number of aryl methyl sites for hydroxylation is 1. The number of hydrogen-bond acceptors (Lipinski definition) is 9. The summed E-state index contributed by atoms with van der Waals surface area (Å²) in [5.41, 5.74) is 5.20. The van der Waals surface area contributed by atoms with Gasteiger partial charge in [-0.25, -0.2) is 13.9 Å². The summed E-state index contributed by atoms with van der Waals surface area (Å²) < 4.78 is 15.3. The maximum Gasteiger partial charge on any atom is 0.236 e. The average molecular weight is 584 g/mol. The number of nitriles is 1. The van der Waals surface area contributed by atoms with E-state index in [1.54, 1.807) is 21.5 Å². The van der Waals surface area contributed by atoms with Crippen molar-refractivity contribution in [3.8, 4) is 17.3 Å². The number of likely N-dealkylation sites (tertiary alicyclic amines) is 1. The molecule has 13 heteroatoms. The molecule has 3 aromatic heterocycles. The molecule has 1 N–H and O–H groups in total. The Morgan fingerprint density at radius 1 is 1.21 bits per heavy atom. The van der Waals surface area contributed by atoms with Crippen LogP contribution in [0.5, 0.6) is 0 Å². The van der Waals surface area contributed by atoms with E-state index < -0.39 is 6.10 Å². The molecule has 42 heavy (non-hydrogen) atoms. The second-order valence-corrected chi connectivity index (χ2v) is 11.6. The minimum absolute atomic E-state index is 0.0581. The van der Waals surface area contributed by atoms with Crippen molar-refractivity contribution in [2.24, 2.45) is 0 Å². The third-order valence-electron chi connectivity index (χ3n) is 7.89. The number of aliphatic hydroxyl groups is 1. The zero-order valence-electron chi connectivity index (χ0n) is 23.5. The number of anilines is 3. The Morgan fingerprint density at radius 2 is 1.93 bits per heavy atom. The number of rotatable bonds is 7. The average Bonchev–Trinajstić information content (AvgIpc) is 3.58. The van der Waals surface area contributed by atoms with Crippen molar-refractivity contribution in [1.29, 1.82) is 5.26 Å². The number of carbonyl (C=O) groups excluding carboxylic acids is 1. The summed E-state index contributed by atoms with van der Waals surface area (Å²) in [7, 11) is 8.43. The van der Waals surface area contributed by atoms with Crippen molar-refractivity contribution in [1.82, 2.24) is 24.4 Å². The summed E-state index contributed by atoms with van der Waals surface area (Å²) >= 11 is 1.27. The highest BCUT2D eigenvalue weighted by Crippen LogP contribution is 2.38. The molecule has 6 rings (SSSR count).